The van der Waals surface area contributed by atoms with Gasteiger partial charge in [0.2, 0.25) is 5.91 Å². The molecule has 0 aliphatic carbocycles. The predicted octanol–water partition coefficient (Wildman–Crippen LogP) is 1.57. The van der Waals surface area contributed by atoms with Gasteiger partial charge >= 0.3 is 0 Å². The molecule has 1 aromatic rings. The highest BCUT2D eigenvalue weighted by Crippen LogP contribution is 2.17. The average Bonchev–Trinajstić information content (AvgIpc) is 2.39. The Bertz CT molecular complexity index is 399. The van der Waals surface area contributed by atoms with Crippen LogP contribution in [0.4, 0.5) is 0 Å². The number of fused-ring (bicyclic) bond motifs is 1. The molecule has 1 N–H and O–H groups in total. The minimum Gasteiger partial charge on any atom is -0.342 e. The molecule has 1 aliphatic heterocycles. The summed E-state index contributed by atoms with van der Waals surface area (Å²) in [4.78, 5) is 14.1. The van der Waals surface area contributed by atoms with Gasteiger partial charge in [0, 0.05) is 19.6 Å². The van der Waals surface area contributed by atoms with E-state index in [0.717, 1.165) is 26.1 Å². The van der Waals surface area contributed by atoms with E-state index in [0.29, 0.717) is 0 Å². The van der Waals surface area contributed by atoms with Gasteiger partial charge in [0.15, 0.2) is 0 Å². The van der Waals surface area contributed by atoms with Gasteiger partial charge in [0.1, 0.15) is 0 Å². The molecule has 0 radical (unpaired) electrons. The Labute approximate surface area is 103 Å². The molecule has 3 heteroatoms. The molecule has 0 aromatic heterocycles. The van der Waals surface area contributed by atoms with E-state index in [9.17, 15) is 4.79 Å². The van der Waals surface area contributed by atoms with Crippen molar-refractivity contribution in [3.8, 4) is 0 Å². The van der Waals surface area contributed by atoms with Crippen LogP contribution in [0.3, 0.4) is 0 Å². The van der Waals surface area contributed by atoms with Crippen molar-refractivity contribution in [2.45, 2.75) is 32.9 Å². The second-order valence-corrected chi connectivity index (χ2v) is 4.42. The number of likely N-dealkylation sites (N-methyl/N-ethyl adjacent to an activating group) is 1. The van der Waals surface area contributed by atoms with E-state index in [1.807, 2.05) is 30.9 Å². The Morgan fingerprint density at radius 3 is 2.59 bits per heavy atom. The van der Waals surface area contributed by atoms with Crippen LogP contribution in [-0.4, -0.2) is 29.9 Å². The number of hydrogen-bond acceptors (Lipinski definition) is 2. The van der Waals surface area contributed by atoms with E-state index in [4.69, 9.17) is 0 Å². The molecule has 0 unspecified atom stereocenters. The van der Waals surface area contributed by atoms with Crippen LogP contribution in [0, 0.1) is 0 Å². The van der Waals surface area contributed by atoms with Gasteiger partial charge in [-0.2, -0.15) is 0 Å². The van der Waals surface area contributed by atoms with Gasteiger partial charge in [0.05, 0.1) is 6.04 Å². The van der Waals surface area contributed by atoms with Crippen molar-refractivity contribution >= 4 is 5.91 Å². The zero-order valence-electron chi connectivity index (χ0n) is 10.6. The molecule has 1 heterocycles. The number of benzene rings is 1. The normalized spacial score (nSPS) is 18.6. The van der Waals surface area contributed by atoms with Crippen LogP contribution in [0.1, 0.15) is 25.0 Å². The van der Waals surface area contributed by atoms with Crippen LogP contribution in [-0.2, 0) is 17.8 Å². The molecule has 92 valence electrons. The second kappa shape index (κ2) is 5.32. The standard InChI is InChI=1S/C14H20N2O/c1-3-16(4-2)14(17)13-9-11-7-5-6-8-12(11)10-15-13/h5-8,13,15H,3-4,9-10H2,1-2H3/t13-/m0/s1. The summed E-state index contributed by atoms with van der Waals surface area (Å²) in [7, 11) is 0. The van der Waals surface area contributed by atoms with Crippen molar-refractivity contribution in [1.29, 1.82) is 0 Å². The minimum absolute atomic E-state index is 0.0511. The van der Waals surface area contributed by atoms with Gasteiger partial charge in [-0.25, -0.2) is 0 Å². The number of hydrogen-bond donors (Lipinski definition) is 1. The molecule has 0 fully saturated rings. The third-order valence-corrected chi connectivity index (χ3v) is 3.45. The lowest BCUT2D eigenvalue weighted by Crippen LogP contribution is -2.49. The predicted molar refractivity (Wildman–Crippen MR) is 68.7 cm³/mol. The molecule has 0 saturated heterocycles. The number of amides is 1. The first-order valence-corrected chi connectivity index (χ1v) is 6.35. The maximum Gasteiger partial charge on any atom is 0.240 e. The minimum atomic E-state index is -0.0511. The summed E-state index contributed by atoms with van der Waals surface area (Å²) < 4.78 is 0. The maximum absolute atomic E-state index is 12.2. The molecule has 0 saturated carbocycles. The average molecular weight is 232 g/mol. The molecule has 2 rings (SSSR count). The highest BCUT2D eigenvalue weighted by atomic mass is 16.2. The number of carbonyl (C=O) groups excluding carboxylic acids is 1. The fourth-order valence-electron chi connectivity index (χ4n) is 2.38. The van der Waals surface area contributed by atoms with Crippen LogP contribution >= 0.6 is 0 Å². The third-order valence-electron chi connectivity index (χ3n) is 3.45. The summed E-state index contributed by atoms with van der Waals surface area (Å²) in [5.74, 6) is 0.226. The molecule has 0 bridgehead atoms. The van der Waals surface area contributed by atoms with Gasteiger partial charge in [0.25, 0.3) is 0 Å². The molecular formula is C14H20N2O. The van der Waals surface area contributed by atoms with E-state index in [2.05, 4.69) is 17.4 Å². The maximum atomic E-state index is 12.2. The Kier molecular flexibility index (Phi) is 3.79. The van der Waals surface area contributed by atoms with Crippen molar-refractivity contribution in [3.05, 3.63) is 35.4 Å². The van der Waals surface area contributed by atoms with Crippen LogP contribution in [0.25, 0.3) is 0 Å². The monoisotopic (exact) mass is 232 g/mol. The van der Waals surface area contributed by atoms with E-state index >= 15 is 0 Å². The third kappa shape index (κ3) is 2.50. The molecule has 1 atom stereocenters. The molecular weight excluding hydrogens is 212 g/mol. The van der Waals surface area contributed by atoms with E-state index in [1.165, 1.54) is 11.1 Å². The van der Waals surface area contributed by atoms with Crippen molar-refractivity contribution in [2.75, 3.05) is 13.1 Å². The van der Waals surface area contributed by atoms with Gasteiger partial charge in [-0.15, -0.1) is 0 Å². The lowest BCUT2D eigenvalue weighted by atomic mass is 9.95. The molecule has 1 aromatic carbocycles. The molecule has 1 amide bonds. The number of carbonyl (C=O) groups is 1. The lowest BCUT2D eigenvalue weighted by Gasteiger charge is -2.29. The summed E-state index contributed by atoms with van der Waals surface area (Å²) in [6.45, 7) is 6.43. The summed E-state index contributed by atoms with van der Waals surface area (Å²) in [5, 5.41) is 3.33. The van der Waals surface area contributed by atoms with Gasteiger partial charge in [-0.3, -0.25) is 4.79 Å². The summed E-state index contributed by atoms with van der Waals surface area (Å²) in [6.07, 6.45) is 0.811. The number of nitrogens with one attached hydrogen (secondary N) is 1. The Balaban J connectivity index is 2.09. The first-order chi connectivity index (χ1) is 8.26. The van der Waals surface area contributed by atoms with E-state index in [1.54, 1.807) is 0 Å². The van der Waals surface area contributed by atoms with Gasteiger partial charge in [-0.1, -0.05) is 24.3 Å². The largest absolute Gasteiger partial charge is 0.342 e. The SMILES string of the molecule is CCN(CC)C(=O)[C@@H]1Cc2ccccc2CN1. The number of nitrogens with zero attached hydrogens (tertiary/aromatic N) is 1. The molecule has 17 heavy (non-hydrogen) atoms. The molecule has 1 aliphatic rings. The van der Waals surface area contributed by atoms with Gasteiger partial charge < -0.3 is 10.2 Å². The topological polar surface area (TPSA) is 32.3 Å². The van der Waals surface area contributed by atoms with Crippen LogP contribution < -0.4 is 5.32 Å². The highest BCUT2D eigenvalue weighted by Gasteiger charge is 2.26. The van der Waals surface area contributed by atoms with Crippen molar-refractivity contribution < 1.29 is 4.79 Å². The van der Waals surface area contributed by atoms with Gasteiger partial charge in [-0.05, 0) is 31.4 Å². The molecule has 0 spiro atoms. The van der Waals surface area contributed by atoms with Crippen LogP contribution in [0.15, 0.2) is 24.3 Å². The molecule has 3 nitrogen and oxygen atoms in total. The second-order valence-electron chi connectivity index (χ2n) is 4.42. The summed E-state index contributed by atoms with van der Waals surface area (Å²) >= 11 is 0. The summed E-state index contributed by atoms with van der Waals surface area (Å²) in [5.41, 5.74) is 2.62. The van der Waals surface area contributed by atoms with Crippen LogP contribution in [0.2, 0.25) is 0 Å². The van der Waals surface area contributed by atoms with Crippen molar-refractivity contribution in [2.24, 2.45) is 0 Å². The Morgan fingerprint density at radius 2 is 1.94 bits per heavy atom. The first-order valence-electron chi connectivity index (χ1n) is 6.35. The van der Waals surface area contributed by atoms with Crippen molar-refractivity contribution in [3.63, 3.8) is 0 Å². The van der Waals surface area contributed by atoms with Crippen LogP contribution in [0.5, 0.6) is 0 Å². The fourth-order valence-corrected chi connectivity index (χ4v) is 2.38. The van der Waals surface area contributed by atoms with E-state index < -0.39 is 0 Å². The highest BCUT2D eigenvalue weighted by molar-refractivity contribution is 5.82. The summed E-state index contributed by atoms with van der Waals surface area (Å²) in [6, 6.07) is 8.29. The zero-order chi connectivity index (χ0) is 12.3. The number of rotatable bonds is 3. The van der Waals surface area contributed by atoms with Crippen molar-refractivity contribution in [1.82, 2.24) is 10.2 Å². The smallest absolute Gasteiger partial charge is 0.240 e. The zero-order valence-corrected chi connectivity index (χ0v) is 10.6. The lowest BCUT2D eigenvalue weighted by molar-refractivity contribution is -0.133. The Morgan fingerprint density at radius 1 is 1.29 bits per heavy atom. The first kappa shape index (κ1) is 12.1. The quantitative estimate of drug-likeness (QED) is 0.858. The van der Waals surface area contributed by atoms with E-state index in [-0.39, 0.29) is 11.9 Å². The fraction of sp³-hybridized carbons (Fsp3) is 0.500. The Hall–Kier alpha value is -1.35.